The maximum Gasteiger partial charge on any atom is 0.306 e. The molecule has 0 aromatic heterocycles. The summed E-state index contributed by atoms with van der Waals surface area (Å²) in [5.74, 6) is -0.790. The van der Waals surface area contributed by atoms with Gasteiger partial charge in [0.2, 0.25) is 0 Å². The van der Waals surface area contributed by atoms with Gasteiger partial charge in [0.1, 0.15) is 31.0 Å². The molecule has 0 bridgehead atoms. The van der Waals surface area contributed by atoms with Crippen molar-refractivity contribution in [1.29, 1.82) is 0 Å². The number of carbonyl (C=O) groups is 2. The van der Waals surface area contributed by atoms with Crippen molar-refractivity contribution in [3.8, 4) is 0 Å². The second-order valence-corrected chi connectivity index (χ2v) is 16.2. The number of carbonyl (C=O) groups excluding carboxylic acids is 2. The van der Waals surface area contributed by atoms with E-state index in [0.717, 1.165) is 38.5 Å². The third kappa shape index (κ3) is 28.7. The van der Waals surface area contributed by atoms with Crippen molar-refractivity contribution in [1.82, 2.24) is 0 Å². The maximum absolute atomic E-state index is 12.8. The Labute approximate surface area is 336 Å². The molecule has 1 aliphatic rings. The van der Waals surface area contributed by atoms with E-state index in [4.69, 9.17) is 18.9 Å². The summed E-state index contributed by atoms with van der Waals surface area (Å²) in [6.45, 7) is 3.46. The van der Waals surface area contributed by atoms with Gasteiger partial charge < -0.3 is 39.4 Å². The SMILES string of the molecule is CCCCCCCCCCCCCCCCCC(=O)OCC(COC1O[C@@H](CO)[C@H](O)[C@@H](O)[C@@H]1O)OC(=O)CCCCCCCCCCCCCCCCC. The van der Waals surface area contributed by atoms with Crippen LogP contribution in [0.5, 0.6) is 0 Å². The fraction of sp³-hybridized carbons (Fsp3) is 0.956. The zero-order valence-electron chi connectivity index (χ0n) is 35.5. The van der Waals surface area contributed by atoms with Crippen LogP contribution in [0.2, 0.25) is 0 Å². The molecule has 0 radical (unpaired) electrons. The van der Waals surface area contributed by atoms with E-state index in [0.29, 0.717) is 6.42 Å². The molecule has 6 atom stereocenters. The number of esters is 2. The summed E-state index contributed by atoms with van der Waals surface area (Å²) in [6, 6.07) is 0. The van der Waals surface area contributed by atoms with Gasteiger partial charge in [0.05, 0.1) is 13.2 Å². The second-order valence-electron chi connectivity index (χ2n) is 16.2. The highest BCUT2D eigenvalue weighted by molar-refractivity contribution is 5.70. The predicted octanol–water partition coefficient (Wildman–Crippen LogP) is 9.78. The topological polar surface area (TPSA) is 152 Å². The van der Waals surface area contributed by atoms with Crippen LogP contribution in [0.3, 0.4) is 0 Å². The fourth-order valence-electron chi connectivity index (χ4n) is 7.31. The summed E-state index contributed by atoms with van der Waals surface area (Å²) in [5.41, 5.74) is 0. The van der Waals surface area contributed by atoms with E-state index >= 15 is 0 Å². The molecule has 0 aromatic carbocycles. The zero-order valence-corrected chi connectivity index (χ0v) is 35.5. The fourth-order valence-corrected chi connectivity index (χ4v) is 7.31. The van der Waals surface area contributed by atoms with Gasteiger partial charge in [0.25, 0.3) is 0 Å². The summed E-state index contributed by atoms with van der Waals surface area (Å²) in [4.78, 5) is 25.3. The number of hydrogen-bond acceptors (Lipinski definition) is 10. The van der Waals surface area contributed by atoms with Crippen LogP contribution in [0.1, 0.15) is 219 Å². The molecule has 4 N–H and O–H groups in total. The van der Waals surface area contributed by atoms with Crippen LogP contribution in [-0.2, 0) is 28.5 Å². The molecular weight excluding hydrogens is 700 g/mol. The summed E-state index contributed by atoms with van der Waals surface area (Å²) >= 11 is 0. The Balaban J connectivity index is 2.30. The lowest BCUT2D eigenvalue weighted by atomic mass is 9.99. The zero-order chi connectivity index (χ0) is 40.2. The van der Waals surface area contributed by atoms with E-state index in [9.17, 15) is 30.0 Å². The quantitative estimate of drug-likeness (QED) is 0.0350. The standard InChI is InChI=1S/C45H86O10/c1-3-5-7-9-11-13-15-17-19-21-23-25-27-29-31-33-40(47)52-36-38(37-53-45-44(51)43(50)42(49)39(35-46)55-45)54-41(48)34-32-30-28-26-24-22-20-18-16-14-12-10-8-6-4-2/h38-39,42-46,49-51H,3-37H2,1-2H3/t38?,39-,42-,43+,44-,45?/m0/s1. The molecule has 0 aliphatic carbocycles. The molecule has 1 saturated heterocycles. The highest BCUT2D eigenvalue weighted by atomic mass is 16.7. The largest absolute Gasteiger partial charge is 0.462 e. The summed E-state index contributed by atoms with van der Waals surface area (Å²) in [6.07, 6.45) is 29.6. The lowest BCUT2D eigenvalue weighted by Crippen LogP contribution is -2.59. The molecule has 2 unspecified atom stereocenters. The van der Waals surface area contributed by atoms with Crippen LogP contribution < -0.4 is 0 Å². The summed E-state index contributed by atoms with van der Waals surface area (Å²) in [7, 11) is 0. The van der Waals surface area contributed by atoms with Crippen LogP contribution in [-0.4, -0.2) is 89.0 Å². The van der Waals surface area contributed by atoms with Crippen LogP contribution in [0.4, 0.5) is 0 Å². The van der Waals surface area contributed by atoms with Gasteiger partial charge in [-0.2, -0.15) is 0 Å². The molecule has 1 heterocycles. The van der Waals surface area contributed by atoms with Crippen LogP contribution in [0.25, 0.3) is 0 Å². The first-order chi connectivity index (χ1) is 26.8. The number of aliphatic hydroxyl groups excluding tert-OH is 4. The molecule has 1 fully saturated rings. The van der Waals surface area contributed by atoms with Crippen LogP contribution in [0, 0.1) is 0 Å². The van der Waals surface area contributed by atoms with Gasteiger partial charge in [-0.3, -0.25) is 9.59 Å². The van der Waals surface area contributed by atoms with Gasteiger partial charge in [0, 0.05) is 12.8 Å². The number of rotatable bonds is 39. The molecule has 10 heteroatoms. The van der Waals surface area contributed by atoms with Crippen molar-refractivity contribution in [3.05, 3.63) is 0 Å². The minimum Gasteiger partial charge on any atom is -0.462 e. The van der Waals surface area contributed by atoms with E-state index in [1.807, 2.05) is 0 Å². The first kappa shape index (κ1) is 51.7. The average Bonchev–Trinajstić information content (AvgIpc) is 3.18. The van der Waals surface area contributed by atoms with Crippen molar-refractivity contribution in [3.63, 3.8) is 0 Å². The maximum atomic E-state index is 12.8. The lowest BCUT2D eigenvalue weighted by molar-refractivity contribution is -0.305. The van der Waals surface area contributed by atoms with Gasteiger partial charge in [-0.1, -0.05) is 194 Å². The number of ether oxygens (including phenoxy) is 4. The molecule has 326 valence electrons. The first-order valence-electron chi connectivity index (χ1n) is 23.1. The predicted molar refractivity (Wildman–Crippen MR) is 220 cm³/mol. The van der Waals surface area contributed by atoms with Gasteiger partial charge in [-0.15, -0.1) is 0 Å². The molecule has 0 spiro atoms. The van der Waals surface area contributed by atoms with Crippen LogP contribution in [0.15, 0.2) is 0 Å². The van der Waals surface area contributed by atoms with Gasteiger partial charge in [-0.05, 0) is 12.8 Å². The summed E-state index contributed by atoms with van der Waals surface area (Å²) in [5, 5.41) is 40.1. The smallest absolute Gasteiger partial charge is 0.306 e. The third-order valence-corrected chi connectivity index (χ3v) is 11.0. The minimum absolute atomic E-state index is 0.209. The Bertz CT molecular complexity index is 871. The Hall–Kier alpha value is -1.30. The molecule has 0 aromatic rings. The number of hydrogen-bond donors (Lipinski definition) is 4. The minimum atomic E-state index is -1.59. The molecule has 55 heavy (non-hydrogen) atoms. The Kier molecular flexibility index (Phi) is 34.8. The van der Waals surface area contributed by atoms with Crippen molar-refractivity contribution in [2.45, 2.75) is 256 Å². The summed E-state index contributed by atoms with van der Waals surface area (Å²) < 4.78 is 22.2. The van der Waals surface area contributed by atoms with E-state index in [-0.39, 0.29) is 32.0 Å². The van der Waals surface area contributed by atoms with Gasteiger partial charge in [-0.25, -0.2) is 0 Å². The van der Waals surface area contributed by atoms with Crippen molar-refractivity contribution < 1.29 is 49.0 Å². The van der Waals surface area contributed by atoms with E-state index in [2.05, 4.69) is 13.8 Å². The van der Waals surface area contributed by atoms with Crippen molar-refractivity contribution >= 4 is 11.9 Å². The van der Waals surface area contributed by atoms with Crippen LogP contribution >= 0.6 is 0 Å². The van der Waals surface area contributed by atoms with E-state index < -0.39 is 49.4 Å². The first-order valence-corrected chi connectivity index (χ1v) is 23.1. The van der Waals surface area contributed by atoms with E-state index in [1.165, 1.54) is 148 Å². The average molecular weight is 787 g/mol. The molecule has 0 amide bonds. The molecular formula is C45H86O10. The molecule has 1 aliphatic heterocycles. The Morgan fingerprint density at radius 1 is 0.491 bits per heavy atom. The Morgan fingerprint density at radius 3 is 1.24 bits per heavy atom. The highest BCUT2D eigenvalue weighted by Crippen LogP contribution is 2.23. The van der Waals surface area contributed by atoms with Crippen molar-refractivity contribution in [2.75, 3.05) is 19.8 Å². The monoisotopic (exact) mass is 787 g/mol. The van der Waals surface area contributed by atoms with E-state index in [1.54, 1.807) is 0 Å². The van der Waals surface area contributed by atoms with Crippen molar-refractivity contribution in [2.24, 2.45) is 0 Å². The normalized spacial score (nSPS) is 20.4. The molecule has 10 nitrogen and oxygen atoms in total. The van der Waals surface area contributed by atoms with Gasteiger partial charge >= 0.3 is 11.9 Å². The van der Waals surface area contributed by atoms with Gasteiger partial charge in [0.15, 0.2) is 12.4 Å². The number of unbranched alkanes of at least 4 members (excludes halogenated alkanes) is 28. The molecule has 0 saturated carbocycles. The highest BCUT2D eigenvalue weighted by Gasteiger charge is 2.44. The lowest BCUT2D eigenvalue weighted by Gasteiger charge is -2.39. The second kappa shape index (κ2) is 37.0. The Morgan fingerprint density at radius 2 is 0.855 bits per heavy atom. The number of aliphatic hydroxyl groups is 4. The third-order valence-electron chi connectivity index (χ3n) is 11.0. The molecule has 1 rings (SSSR count).